The van der Waals surface area contributed by atoms with Crippen molar-refractivity contribution in [2.45, 2.75) is 25.9 Å². The maximum atomic E-state index is 11.7. The van der Waals surface area contributed by atoms with Gasteiger partial charge in [0.15, 0.2) is 0 Å². The molecule has 1 aliphatic heterocycles. The first-order valence-electron chi connectivity index (χ1n) is 7.08. The van der Waals surface area contributed by atoms with Gasteiger partial charge in [-0.25, -0.2) is 0 Å². The quantitative estimate of drug-likeness (QED) is 0.811. The summed E-state index contributed by atoms with van der Waals surface area (Å²) in [6, 6.07) is 7.64. The standard InChI is InChI=1S/C16H21NO3/c1-2-19-14-8-5-13(6-9-14)7-10-16(18)17-12-15-4-3-11-20-15/h5-10,15H,2-4,11-12H2,1H3,(H,17,18)/b10-7+. The van der Waals surface area contributed by atoms with Crippen molar-refractivity contribution in [2.75, 3.05) is 19.8 Å². The Bertz CT molecular complexity index is 447. The van der Waals surface area contributed by atoms with Crippen LogP contribution >= 0.6 is 0 Å². The second-order valence-electron chi connectivity index (χ2n) is 4.72. The summed E-state index contributed by atoms with van der Waals surface area (Å²) in [5, 5.41) is 2.85. The summed E-state index contributed by atoms with van der Waals surface area (Å²) in [6.45, 7) is 4.00. The van der Waals surface area contributed by atoms with Gasteiger partial charge < -0.3 is 14.8 Å². The van der Waals surface area contributed by atoms with Gasteiger partial charge in [-0.3, -0.25) is 4.79 Å². The zero-order valence-electron chi connectivity index (χ0n) is 11.8. The predicted octanol–water partition coefficient (Wildman–Crippen LogP) is 2.39. The van der Waals surface area contributed by atoms with Crippen LogP contribution in [0.4, 0.5) is 0 Å². The van der Waals surface area contributed by atoms with Crippen molar-refractivity contribution in [2.24, 2.45) is 0 Å². The Balaban J connectivity index is 1.77. The minimum Gasteiger partial charge on any atom is -0.494 e. The molecule has 0 radical (unpaired) electrons. The third-order valence-corrected chi connectivity index (χ3v) is 3.15. The third kappa shape index (κ3) is 4.70. The lowest BCUT2D eigenvalue weighted by Gasteiger charge is -2.08. The van der Waals surface area contributed by atoms with Gasteiger partial charge in [-0.1, -0.05) is 12.1 Å². The normalized spacial score (nSPS) is 18.4. The van der Waals surface area contributed by atoms with Crippen molar-refractivity contribution < 1.29 is 14.3 Å². The lowest BCUT2D eigenvalue weighted by atomic mass is 10.2. The zero-order chi connectivity index (χ0) is 14.2. The molecule has 0 aromatic heterocycles. The first-order valence-corrected chi connectivity index (χ1v) is 7.08. The van der Waals surface area contributed by atoms with Crippen LogP contribution in [-0.4, -0.2) is 31.8 Å². The number of amides is 1. The van der Waals surface area contributed by atoms with E-state index < -0.39 is 0 Å². The summed E-state index contributed by atoms with van der Waals surface area (Å²) in [7, 11) is 0. The van der Waals surface area contributed by atoms with E-state index >= 15 is 0 Å². The lowest BCUT2D eigenvalue weighted by Crippen LogP contribution is -2.30. The fourth-order valence-corrected chi connectivity index (χ4v) is 2.09. The Labute approximate surface area is 119 Å². The highest BCUT2D eigenvalue weighted by Crippen LogP contribution is 2.13. The van der Waals surface area contributed by atoms with E-state index in [2.05, 4.69) is 5.32 Å². The average Bonchev–Trinajstić information content (AvgIpc) is 2.98. The van der Waals surface area contributed by atoms with Crippen molar-refractivity contribution in [1.29, 1.82) is 0 Å². The molecule has 4 nitrogen and oxygen atoms in total. The van der Waals surface area contributed by atoms with Gasteiger partial charge in [-0.15, -0.1) is 0 Å². The van der Waals surface area contributed by atoms with Crippen molar-refractivity contribution in [3.8, 4) is 5.75 Å². The molecule has 0 aliphatic carbocycles. The van der Waals surface area contributed by atoms with E-state index in [0.29, 0.717) is 13.2 Å². The van der Waals surface area contributed by atoms with Crippen LogP contribution < -0.4 is 10.1 Å². The molecule has 0 saturated carbocycles. The molecule has 0 bridgehead atoms. The van der Waals surface area contributed by atoms with Gasteiger partial charge in [-0.2, -0.15) is 0 Å². The molecule has 1 heterocycles. The van der Waals surface area contributed by atoms with E-state index in [9.17, 15) is 4.79 Å². The molecular weight excluding hydrogens is 254 g/mol. The van der Waals surface area contributed by atoms with Crippen LogP contribution in [0.5, 0.6) is 5.75 Å². The number of ether oxygens (including phenoxy) is 2. The fraction of sp³-hybridized carbons (Fsp3) is 0.438. The Morgan fingerprint density at radius 3 is 2.90 bits per heavy atom. The summed E-state index contributed by atoms with van der Waals surface area (Å²) in [5.74, 6) is 0.752. The van der Waals surface area contributed by atoms with Gasteiger partial charge in [0, 0.05) is 19.2 Å². The minimum atomic E-state index is -0.0885. The van der Waals surface area contributed by atoms with Gasteiger partial charge in [0.1, 0.15) is 5.75 Å². The van der Waals surface area contributed by atoms with E-state index in [1.807, 2.05) is 31.2 Å². The van der Waals surface area contributed by atoms with Crippen molar-refractivity contribution >= 4 is 12.0 Å². The monoisotopic (exact) mass is 275 g/mol. The molecule has 1 aliphatic rings. The SMILES string of the molecule is CCOc1ccc(/C=C/C(=O)NCC2CCCO2)cc1. The molecule has 0 spiro atoms. The van der Waals surface area contributed by atoms with Crippen LogP contribution in [0.25, 0.3) is 6.08 Å². The number of carbonyl (C=O) groups is 1. The number of hydrogen-bond donors (Lipinski definition) is 1. The highest BCUT2D eigenvalue weighted by Gasteiger charge is 2.15. The largest absolute Gasteiger partial charge is 0.494 e. The van der Waals surface area contributed by atoms with Crippen LogP contribution in [0.3, 0.4) is 0 Å². The molecule has 4 heteroatoms. The molecular formula is C16H21NO3. The average molecular weight is 275 g/mol. The molecule has 2 rings (SSSR count). The summed E-state index contributed by atoms with van der Waals surface area (Å²) in [4.78, 5) is 11.7. The minimum absolute atomic E-state index is 0.0885. The van der Waals surface area contributed by atoms with Crippen molar-refractivity contribution in [3.63, 3.8) is 0 Å². The maximum absolute atomic E-state index is 11.7. The lowest BCUT2D eigenvalue weighted by molar-refractivity contribution is -0.116. The molecule has 1 aromatic rings. The van der Waals surface area contributed by atoms with E-state index in [1.165, 1.54) is 0 Å². The van der Waals surface area contributed by atoms with Crippen LogP contribution in [0.15, 0.2) is 30.3 Å². The molecule has 20 heavy (non-hydrogen) atoms. The first kappa shape index (κ1) is 14.6. The molecule has 1 atom stereocenters. The van der Waals surface area contributed by atoms with Gasteiger partial charge >= 0.3 is 0 Å². The Hall–Kier alpha value is -1.81. The predicted molar refractivity (Wildman–Crippen MR) is 78.6 cm³/mol. The van der Waals surface area contributed by atoms with E-state index in [1.54, 1.807) is 12.2 Å². The molecule has 1 aromatic carbocycles. The Morgan fingerprint density at radius 1 is 1.45 bits per heavy atom. The molecule has 108 valence electrons. The molecule has 1 fully saturated rings. The maximum Gasteiger partial charge on any atom is 0.244 e. The van der Waals surface area contributed by atoms with E-state index in [0.717, 1.165) is 30.8 Å². The summed E-state index contributed by atoms with van der Waals surface area (Å²) in [5.41, 5.74) is 0.973. The van der Waals surface area contributed by atoms with Gasteiger partial charge in [0.05, 0.1) is 12.7 Å². The molecule has 1 saturated heterocycles. The van der Waals surface area contributed by atoms with Crippen LogP contribution in [0, 0.1) is 0 Å². The Kier molecular flexibility index (Phi) is 5.62. The highest BCUT2D eigenvalue weighted by molar-refractivity contribution is 5.91. The van der Waals surface area contributed by atoms with Gasteiger partial charge in [-0.05, 0) is 43.5 Å². The second-order valence-corrected chi connectivity index (χ2v) is 4.72. The summed E-state index contributed by atoms with van der Waals surface area (Å²) >= 11 is 0. The number of benzene rings is 1. The highest BCUT2D eigenvalue weighted by atomic mass is 16.5. The van der Waals surface area contributed by atoms with Crippen molar-refractivity contribution in [3.05, 3.63) is 35.9 Å². The first-order chi connectivity index (χ1) is 9.78. The Morgan fingerprint density at radius 2 is 2.25 bits per heavy atom. The second kappa shape index (κ2) is 7.70. The fourth-order valence-electron chi connectivity index (χ4n) is 2.09. The van der Waals surface area contributed by atoms with E-state index in [4.69, 9.17) is 9.47 Å². The summed E-state index contributed by atoms with van der Waals surface area (Å²) in [6.07, 6.45) is 5.63. The number of rotatable bonds is 6. The number of carbonyl (C=O) groups excluding carboxylic acids is 1. The van der Waals surface area contributed by atoms with Crippen LogP contribution in [0.2, 0.25) is 0 Å². The third-order valence-electron chi connectivity index (χ3n) is 3.15. The van der Waals surface area contributed by atoms with Gasteiger partial charge in [0.2, 0.25) is 5.91 Å². The topological polar surface area (TPSA) is 47.6 Å². The smallest absolute Gasteiger partial charge is 0.244 e. The number of nitrogens with one attached hydrogen (secondary N) is 1. The molecule has 1 N–H and O–H groups in total. The molecule has 1 unspecified atom stereocenters. The van der Waals surface area contributed by atoms with Crippen LogP contribution in [-0.2, 0) is 9.53 Å². The summed E-state index contributed by atoms with van der Waals surface area (Å²) < 4.78 is 10.8. The van der Waals surface area contributed by atoms with Gasteiger partial charge in [0.25, 0.3) is 0 Å². The molecule has 1 amide bonds. The van der Waals surface area contributed by atoms with Crippen LogP contribution in [0.1, 0.15) is 25.3 Å². The van der Waals surface area contributed by atoms with E-state index in [-0.39, 0.29) is 12.0 Å². The van der Waals surface area contributed by atoms with Crippen molar-refractivity contribution in [1.82, 2.24) is 5.32 Å². The zero-order valence-corrected chi connectivity index (χ0v) is 11.8. The number of hydrogen-bond acceptors (Lipinski definition) is 3.